The summed E-state index contributed by atoms with van der Waals surface area (Å²) in [7, 11) is 0. The van der Waals surface area contributed by atoms with Crippen LogP contribution in [0.4, 0.5) is 0 Å². The van der Waals surface area contributed by atoms with Gasteiger partial charge in [-0.25, -0.2) is 4.98 Å². The van der Waals surface area contributed by atoms with Gasteiger partial charge in [-0.05, 0) is 24.3 Å². The number of carbonyl (C=O) groups is 2. The number of benzene rings is 1. The predicted octanol–water partition coefficient (Wildman–Crippen LogP) is 1.15. The van der Waals surface area contributed by atoms with Gasteiger partial charge in [0.1, 0.15) is 0 Å². The van der Waals surface area contributed by atoms with Crippen molar-refractivity contribution in [2.75, 3.05) is 5.75 Å². The van der Waals surface area contributed by atoms with E-state index in [0.29, 0.717) is 10.7 Å². The zero-order chi connectivity index (χ0) is 13.8. The first-order valence-corrected chi connectivity index (χ1v) is 6.34. The van der Waals surface area contributed by atoms with Crippen molar-refractivity contribution in [3.8, 4) is 5.69 Å². The Morgan fingerprint density at radius 3 is 2.58 bits per heavy atom. The molecule has 0 atom stereocenters. The number of imidazole rings is 1. The zero-order valence-electron chi connectivity index (χ0n) is 9.81. The van der Waals surface area contributed by atoms with Crippen LogP contribution in [0.3, 0.4) is 0 Å². The van der Waals surface area contributed by atoms with Gasteiger partial charge in [-0.2, -0.15) is 0 Å². The molecule has 3 N–H and O–H groups in total. The summed E-state index contributed by atoms with van der Waals surface area (Å²) in [6.07, 6.45) is 3.32. The molecule has 1 aromatic carbocycles. The Kier molecular flexibility index (Phi) is 3.86. The van der Waals surface area contributed by atoms with Crippen LogP contribution in [0.15, 0.2) is 41.8 Å². The van der Waals surface area contributed by atoms with E-state index in [1.807, 2.05) is 0 Å². The maximum Gasteiger partial charge on any atom is 0.313 e. The molecule has 98 valence electrons. The second kappa shape index (κ2) is 5.57. The zero-order valence-corrected chi connectivity index (χ0v) is 10.6. The van der Waals surface area contributed by atoms with Crippen LogP contribution in [0.2, 0.25) is 0 Å². The number of thioether (sulfide) groups is 1. The Labute approximate surface area is 113 Å². The normalized spacial score (nSPS) is 10.3. The van der Waals surface area contributed by atoms with Gasteiger partial charge < -0.3 is 10.8 Å². The molecule has 6 nitrogen and oxygen atoms in total. The van der Waals surface area contributed by atoms with Crippen molar-refractivity contribution < 1.29 is 14.7 Å². The molecule has 0 bridgehead atoms. The maximum atomic E-state index is 11.0. The van der Waals surface area contributed by atoms with Crippen LogP contribution in [0.5, 0.6) is 0 Å². The van der Waals surface area contributed by atoms with Gasteiger partial charge in [0.2, 0.25) is 5.91 Å². The molecule has 0 spiro atoms. The highest BCUT2D eigenvalue weighted by atomic mass is 32.2. The molecule has 7 heteroatoms. The number of aliphatic carboxylic acids is 1. The lowest BCUT2D eigenvalue weighted by Gasteiger charge is -2.07. The summed E-state index contributed by atoms with van der Waals surface area (Å²) in [6.45, 7) is 0. The first kappa shape index (κ1) is 13.2. The van der Waals surface area contributed by atoms with E-state index in [2.05, 4.69) is 4.98 Å². The Morgan fingerprint density at radius 2 is 2.00 bits per heavy atom. The van der Waals surface area contributed by atoms with E-state index in [-0.39, 0.29) is 5.75 Å². The number of primary amides is 1. The molecule has 0 aliphatic carbocycles. The van der Waals surface area contributed by atoms with Crippen LogP contribution < -0.4 is 5.73 Å². The average molecular weight is 277 g/mol. The molecular formula is C12H11N3O3S. The molecule has 0 unspecified atom stereocenters. The topological polar surface area (TPSA) is 98.2 Å². The summed E-state index contributed by atoms with van der Waals surface area (Å²) < 4.78 is 1.75. The lowest BCUT2D eigenvalue weighted by Crippen LogP contribution is -2.10. The molecule has 0 saturated heterocycles. The van der Waals surface area contributed by atoms with Gasteiger partial charge in [-0.15, -0.1) is 0 Å². The number of carboxylic acid groups (broad SMARTS) is 1. The fourth-order valence-corrected chi connectivity index (χ4v) is 2.20. The van der Waals surface area contributed by atoms with E-state index in [1.165, 1.54) is 0 Å². The summed E-state index contributed by atoms with van der Waals surface area (Å²) in [5.74, 6) is -1.45. The fourth-order valence-electron chi connectivity index (χ4n) is 1.51. The van der Waals surface area contributed by atoms with Crippen molar-refractivity contribution in [2.45, 2.75) is 5.16 Å². The highest BCUT2D eigenvalue weighted by Crippen LogP contribution is 2.20. The number of carbonyl (C=O) groups excluding carboxylic acids is 1. The molecule has 1 heterocycles. The van der Waals surface area contributed by atoms with Gasteiger partial charge in [0.25, 0.3) is 0 Å². The largest absolute Gasteiger partial charge is 0.481 e. The van der Waals surface area contributed by atoms with Crippen molar-refractivity contribution >= 4 is 23.6 Å². The van der Waals surface area contributed by atoms with Crippen LogP contribution >= 0.6 is 11.8 Å². The molecule has 2 aromatic rings. The molecule has 1 aromatic heterocycles. The van der Waals surface area contributed by atoms with Crippen LogP contribution in [0, 0.1) is 0 Å². The van der Waals surface area contributed by atoms with E-state index in [1.54, 1.807) is 41.2 Å². The van der Waals surface area contributed by atoms with E-state index in [4.69, 9.17) is 10.8 Å². The van der Waals surface area contributed by atoms with Crippen molar-refractivity contribution in [3.63, 3.8) is 0 Å². The second-order valence-corrected chi connectivity index (χ2v) is 4.62. The SMILES string of the molecule is NC(=O)c1ccc(-n2ccnc2SCC(=O)O)cc1. The van der Waals surface area contributed by atoms with Gasteiger partial charge in [-0.1, -0.05) is 11.8 Å². The molecule has 0 radical (unpaired) electrons. The quantitative estimate of drug-likeness (QED) is 0.799. The number of aromatic nitrogens is 2. The Morgan fingerprint density at radius 1 is 1.32 bits per heavy atom. The van der Waals surface area contributed by atoms with Gasteiger partial charge in [0.15, 0.2) is 5.16 Å². The van der Waals surface area contributed by atoms with Crippen LogP contribution in [-0.4, -0.2) is 32.3 Å². The lowest BCUT2D eigenvalue weighted by molar-refractivity contribution is -0.133. The van der Waals surface area contributed by atoms with Crippen LogP contribution in [-0.2, 0) is 4.79 Å². The van der Waals surface area contributed by atoms with Crippen molar-refractivity contribution in [3.05, 3.63) is 42.2 Å². The molecular weight excluding hydrogens is 266 g/mol. The molecule has 19 heavy (non-hydrogen) atoms. The number of hydrogen-bond donors (Lipinski definition) is 2. The number of rotatable bonds is 5. The smallest absolute Gasteiger partial charge is 0.313 e. The molecule has 0 fully saturated rings. The minimum absolute atomic E-state index is 0.0591. The highest BCUT2D eigenvalue weighted by molar-refractivity contribution is 7.99. The molecule has 0 aliphatic rings. The van der Waals surface area contributed by atoms with Crippen molar-refractivity contribution in [2.24, 2.45) is 5.73 Å². The van der Waals surface area contributed by atoms with Crippen LogP contribution in [0.25, 0.3) is 5.69 Å². The standard InChI is InChI=1S/C12H11N3O3S/c13-11(18)8-1-3-9(4-2-8)15-6-5-14-12(15)19-7-10(16)17/h1-6H,7H2,(H2,13,18)(H,16,17). The van der Waals surface area contributed by atoms with E-state index in [0.717, 1.165) is 17.4 Å². The summed E-state index contributed by atoms with van der Waals surface area (Å²) in [5, 5.41) is 9.24. The monoisotopic (exact) mass is 277 g/mol. The molecule has 1 amide bonds. The number of carboxylic acids is 1. The third-order valence-corrected chi connectivity index (χ3v) is 3.31. The molecule has 0 saturated carbocycles. The third kappa shape index (κ3) is 3.14. The van der Waals surface area contributed by atoms with Gasteiger partial charge in [0, 0.05) is 23.6 Å². The summed E-state index contributed by atoms with van der Waals surface area (Å²) in [5.41, 5.74) is 6.37. The first-order chi connectivity index (χ1) is 9.08. The van der Waals surface area contributed by atoms with E-state index >= 15 is 0 Å². The third-order valence-electron chi connectivity index (χ3n) is 2.36. The lowest BCUT2D eigenvalue weighted by atomic mass is 10.2. The van der Waals surface area contributed by atoms with Gasteiger partial charge in [-0.3, -0.25) is 14.2 Å². The highest BCUT2D eigenvalue weighted by Gasteiger charge is 2.08. The number of hydrogen-bond acceptors (Lipinski definition) is 4. The Hall–Kier alpha value is -2.28. The second-order valence-electron chi connectivity index (χ2n) is 3.67. The Balaban J connectivity index is 2.24. The number of amides is 1. The van der Waals surface area contributed by atoms with Gasteiger partial charge in [0.05, 0.1) is 5.75 Å². The number of nitrogens with zero attached hydrogens (tertiary/aromatic N) is 2. The van der Waals surface area contributed by atoms with E-state index < -0.39 is 11.9 Å². The summed E-state index contributed by atoms with van der Waals surface area (Å²) in [6, 6.07) is 6.69. The maximum absolute atomic E-state index is 11.0. The van der Waals surface area contributed by atoms with E-state index in [9.17, 15) is 9.59 Å². The minimum Gasteiger partial charge on any atom is -0.481 e. The summed E-state index contributed by atoms with van der Waals surface area (Å²) in [4.78, 5) is 25.6. The number of nitrogens with two attached hydrogens (primary N) is 1. The first-order valence-electron chi connectivity index (χ1n) is 5.36. The van der Waals surface area contributed by atoms with Crippen molar-refractivity contribution in [1.82, 2.24) is 9.55 Å². The Bertz CT molecular complexity index is 607. The fraction of sp³-hybridized carbons (Fsp3) is 0.0833. The predicted molar refractivity (Wildman–Crippen MR) is 70.4 cm³/mol. The molecule has 2 rings (SSSR count). The minimum atomic E-state index is -0.899. The van der Waals surface area contributed by atoms with Crippen molar-refractivity contribution in [1.29, 1.82) is 0 Å². The molecule has 0 aliphatic heterocycles. The summed E-state index contributed by atoms with van der Waals surface area (Å²) >= 11 is 1.13. The average Bonchev–Trinajstić information content (AvgIpc) is 2.84. The van der Waals surface area contributed by atoms with Crippen LogP contribution in [0.1, 0.15) is 10.4 Å². The van der Waals surface area contributed by atoms with Gasteiger partial charge >= 0.3 is 5.97 Å².